The molecular formula is C25H27N3O7S. The van der Waals surface area contributed by atoms with Gasteiger partial charge in [-0.1, -0.05) is 12.1 Å². The molecule has 0 aliphatic carbocycles. The minimum Gasteiger partial charge on any atom is -0.467 e. The summed E-state index contributed by atoms with van der Waals surface area (Å²) in [7, 11) is -2.20. The highest BCUT2D eigenvalue weighted by Gasteiger charge is 2.24. The number of amides is 2. The van der Waals surface area contributed by atoms with E-state index in [1.165, 1.54) is 24.3 Å². The van der Waals surface area contributed by atoms with Crippen LogP contribution in [0.1, 0.15) is 32.1 Å². The summed E-state index contributed by atoms with van der Waals surface area (Å²) in [5, 5.41) is 14.7. The third-order valence-electron chi connectivity index (χ3n) is 5.58. The number of para-hydroxylation sites is 1. The fourth-order valence-electron chi connectivity index (χ4n) is 3.77. The van der Waals surface area contributed by atoms with E-state index in [0.717, 1.165) is 13.4 Å². The maximum absolute atomic E-state index is 13.0. The molecule has 3 N–H and O–H groups in total. The van der Waals surface area contributed by atoms with Crippen molar-refractivity contribution in [3.05, 3.63) is 77.1 Å². The highest BCUT2D eigenvalue weighted by molar-refractivity contribution is 7.90. The molecule has 10 nitrogen and oxygen atoms in total. The second kappa shape index (κ2) is 10.8. The van der Waals surface area contributed by atoms with Crippen molar-refractivity contribution in [3.63, 3.8) is 0 Å². The molecule has 0 bridgehead atoms. The van der Waals surface area contributed by atoms with E-state index in [9.17, 15) is 27.9 Å². The third-order valence-corrected chi connectivity index (χ3v) is 6.71. The first-order chi connectivity index (χ1) is 17.0. The number of sulfone groups is 1. The van der Waals surface area contributed by atoms with E-state index in [2.05, 4.69) is 15.4 Å². The van der Waals surface area contributed by atoms with E-state index >= 15 is 0 Å². The molecule has 0 spiro atoms. The Morgan fingerprint density at radius 3 is 2.22 bits per heavy atom. The van der Waals surface area contributed by atoms with Crippen LogP contribution >= 0.6 is 0 Å². The van der Waals surface area contributed by atoms with E-state index in [4.69, 9.17) is 0 Å². The van der Waals surface area contributed by atoms with Gasteiger partial charge < -0.3 is 25.0 Å². The first-order valence-electron chi connectivity index (χ1n) is 10.9. The minimum absolute atomic E-state index is 0.143. The largest absolute Gasteiger partial charge is 0.467 e. The number of aryl methyl sites for hydroxylation is 1. The number of nitrogens with zero attached hydrogens (tertiary/aromatic N) is 1. The quantitative estimate of drug-likeness (QED) is 0.391. The Morgan fingerprint density at radius 1 is 1.00 bits per heavy atom. The topological polar surface area (TPSA) is 144 Å². The van der Waals surface area contributed by atoms with Crippen LogP contribution in [0.4, 0.5) is 5.69 Å². The molecule has 3 rings (SSSR count). The number of aliphatic hydroxyl groups is 1. The maximum atomic E-state index is 13.0. The number of benzene rings is 2. The Labute approximate surface area is 208 Å². The molecule has 36 heavy (non-hydrogen) atoms. The van der Waals surface area contributed by atoms with Crippen LogP contribution in [-0.4, -0.2) is 61.9 Å². The van der Waals surface area contributed by atoms with Gasteiger partial charge in [-0.05, 0) is 56.3 Å². The van der Waals surface area contributed by atoms with Gasteiger partial charge in [-0.2, -0.15) is 0 Å². The number of hydrogen-bond donors (Lipinski definition) is 3. The molecule has 1 atom stereocenters. The van der Waals surface area contributed by atoms with Gasteiger partial charge in [0.05, 0.1) is 35.4 Å². The lowest BCUT2D eigenvalue weighted by molar-refractivity contribution is -0.143. The maximum Gasteiger partial charge on any atom is 0.330 e. The fourth-order valence-corrected chi connectivity index (χ4v) is 4.40. The van der Waals surface area contributed by atoms with Crippen molar-refractivity contribution in [1.29, 1.82) is 0 Å². The number of aliphatic hydroxyl groups excluding tert-OH is 1. The molecule has 2 amide bonds. The molecule has 1 heterocycles. The van der Waals surface area contributed by atoms with E-state index in [0.29, 0.717) is 28.3 Å². The highest BCUT2D eigenvalue weighted by atomic mass is 32.2. The van der Waals surface area contributed by atoms with E-state index in [-0.39, 0.29) is 10.5 Å². The Hall–Kier alpha value is -3.96. The number of hydrogen-bond acceptors (Lipinski definition) is 7. The zero-order valence-electron chi connectivity index (χ0n) is 20.2. The highest BCUT2D eigenvalue weighted by Crippen LogP contribution is 2.25. The molecular weight excluding hydrogens is 486 g/mol. The van der Waals surface area contributed by atoms with E-state index < -0.39 is 40.3 Å². The first kappa shape index (κ1) is 26.6. The van der Waals surface area contributed by atoms with Gasteiger partial charge in [-0.3, -0.25) is 9.59 Å². The van der Waals surface area contributed by atoms with Crippen LogP contribution in [-0.2, 0) is 19.4 Å². The van der Waals surface area contributed by atoms with Crippen LogP contribution in [0.15, 0.2) is 59.5 Å². The number of anilines is 1. The standard InChI is InChI=1S/C25H27N3O7S/c1-15-13-20(24(31)26-17-9-11-18(12-10-17)36(4,33)34)16(2)28(15)22-8-6-5-7-19(22)23(30)27-21(14-29)25(32)35-3/h5-13,21,29H,14H2,1-4H3,(H,26,31)(H,27,30)/t21-/m1/s1. The van der Waals surface area contributed by atoms with Gasteiger partial charge in [0, 0.05) is 23.3 Å². The van der Waals surface area contributed by atoms with Crippen LogP contribution in [0.3, 0.4) is 0 Å². The van der Waals surface area contributed by atoms with Crippen molar-refractivity contribution in [2.75, 3.05) is 25.3 Å². The number of esters is 1. The predicted octanol–water partition coefficient (Wildman–Crippen LogP) is 2.01. The molecule has 0 aliphatic heterocycles. The number of aromatic nitrogens is 1. The molecule has 3 aromatic rings. The third kappa shape index (κ3) is 5.64. The number of methoxy groups -OCH3 is 1. The minimum atomic E-state index is -3.36. The summed E-state index contributed by atoms with van der Waals surface area (Å²) in [4.78, 5) is 37.9. The second-order valence-corrected chi connectivity index (χ2v) is 10.1. The molecule has 0 radical (unpaired) electrons. The monoisotopic (exact) mass is 513 g/mol. The number of carbonyl (C=O) groups excluding carboxylic acids is 3. The average molecular weight is 514 g/mol. The number of carbonyl (C=O) groups is 3. The average Bonchev–Trinajstić information content (AvgIpc) is 3.15. The van der Waals surface area contributed by atoms with Gasteiger partial charge in [0.25, 0.3) is 11.8 Å². The lowest BCUT2D eigenvalue weighted by atomic mass is 10.1. The van der Waals surface area contributed by atoms with Gasteiger partial charge >= 0.3 is 5.97 Å². The van der Waals surface area contributed by atoms with Crippen molar-refractivity contribution in [3.8, 4) is 5.69 Å². The SMILES string of the molecule is COC(=O)[C@@H](CO)NC(=O)c1ccccc1-n1c(C)cc(C(=O)Nc2ccc(S(C)(=O)=O)cc2)c1C. The molecule has 0 aliphatic rings. The lowest BCUT2D eigenvalue weighted by Crippen LogP contribution is -2.44. The summed E-state index contributed by atoms with van der Waals surface area (Å²) in [6.07, 6.45) is 1.10. The van der Waals surface area contributed by atoms with Crippen LogP contribution < -0.4 is 10.6 Å². The van der Waals surface area contributed by atoms with Gasteiger partial charge in [0.1, 0.15) is 0 Å². The zero-order chi connectivity index (χ0) is 26.6. The summed E-state index contributed by atoms with van der Waals surface area (Å²) < 4.78 is 29.6. The molecule has 0 fully saturated rings. The van der Waals surface area contributed by atoms with Gasteiger partial charge in [-0.15, -0.1) is 0 Å². The normalized spacial score (nSPS) is 12.0. The Kier molecular flexibility index (Phi) is 7.96. The summed E-state index contributed by atoms with van der Waals surface area (Å²) in [5.74, 6) is -1.78. The Balaban J connectivity index is 1.92. The summed E-state index contributed by atoms with van der Waals surface area (Å²) in [6.45, 7) is 2.89. The van der Waals surface area contributed by atoms with Crippen LogP contribution in [0.25, 0.3) is 5.69 Å². The van der Waals surface area contributed by atoms with E-state index in [1.807, 2.05) is 0 Å². The molecule has 1 aromatic heterocycles. The van der Waals surface area contributed by atoms with Crippen molar-refractivity contribution in [2.45, 2.75) is 24.8 Å². The molecule has 0 unspecified atom stereocenters. The zero-order valence-corrected chi connectivity index (χ0v) is 21.0. The van der Waals surface area contributed by atoms with Crippen molar-refractivity contribution in [2.24, 2.45) is 0 Å². The lowest BCUT2D eigenvalue weighted by Gasteiger charge is -2.17. The Bertz CT molecular complexity index is 1410. The van der Waals surface area contributed by atoms with Crippen LogP contribution in [0, 0.1) is 13.8 Å². The molecule has 2 aromatic carbocycles. The van der Waals surface area contributed by atoms with Gasteiger partial charge in [0.15, 0.2) is 15.9 Å². The number of nitrogens with one attached hydrogen (secondary N) is 2. The van der Waals surface area contributed by atoms with Crippen LogP contribution in [0.2, 0.25) is 0 Å². The van der Waals surface area contributed by atoms with Crippen LogP contribution in [0.5, 0.6) is 0 Å². The smallest absolute Gasteiger partial charge is 0.330 e. The molecule has 190 valence electrons. The summed E-state index contributed by atoms with van der Waals surface area (Å²) in [6, 6.07) is 13.0. The van der Waals surface area contributed by atoms with Gasteiger partial charge in [0.2, 0.25) is 0 Å². The van der Waals surface area contributed by atoms with Crippen molar-refractivity contribution in [1.82, 2.24) is 9.88 Å². The van der Waals surface area contributed by atoms with Crippen molar-refractivity contribution < 1.29 is 32.6 Å². The summed E-state index contributed by atoms with van der Waals surface area (Å²) >= 11 is 0. The second-order valence-electron chi connectivity index (χ2n) is 8.12. The molecule has 11 heteroatoms. The molecule has 0 saturated heterocycles. The van der Waals surface area contributed by atoms with Crippen molar-refractivity contribution >= 4 is 33.3 Å². The molecule has 0 saturated carbocycles. The fraction of sp³-hybridized carbons (Fsp3) is 0.240. The van der Waals surface area contributed by atoms with Gasteiger partial charge in [-0.25, -0.2) is 13.2 Å². The number of rotatable bonds is 8. The Morgan fingerprint density at radius 2 is 1.64 bits per heavy atom. The number of ether oxygens (including phenoxy) is 1. The summed E-state index contributed by atoms with van der Waals surface area (Å²) in [5.41, 5.74) is 2.72. The van der Waals surface area contributed by atoms with E-state index in [1.54, 1.807) is 48.7 Å². The first-order valence-corrected chi connectivity index (χ1v) is 12.8. The predicted molar refractivity (Wildman–Crippen MR) is 133 cm³/mol.